The molecule has 0 aromatic heterocycles. The summed E-state index contributed by atoms with van der Waals surface area (Å²) in [7, 11) is 0. The number of ether oxygens (including phenoxy) is 1. The third-order valence-electron chi connectivity index (χ3n) is 2.25. The number of aliphatic hydroxyl groups is 1. The zero-order valence-corrected chi connectivity index (χ0v) is 10.7. The summed E-state index contributed by atoms with van der Waals surface area (Å²) in [6.45, 7) is 1.51. The van der Waals surface area contributed by atoms with E-state index in [2.05, 4.69) is 11.2 Å². The highest BCUT2D eigenvalue weighted by molar-refractivity contribution is 6.32. The van der Waals surface area contributed by atoms with Crippen molar-refractivity contribution in [3.63, 3.8) is 0 Å². The quantitative estimate of drug-likeness (QED) is 0.792. The Labute approximate surface area is 111 Å². The predicted octanol–water partition coefficient (Wildman–Crippen LogP) is 1.35. The molecule has 4 nitrogen and oxygen atoms in total. The van der Waals surface area contributed by atoms with Gasteiger partial charge < -0.3 is 15.2 Å². The summed E-state index contributed by atoms with van der Waals surface area (Å²) in [6, 6.07) is 5.00. The number of rotatable bonds is 5. The summed E-state index contributed by atoms with van der Waals surface area (Å²) in [5, 5.41) is 12.0. The largest absolute Gasteiger partial charge is 0.479 e. The highest BCUT2D eigenvalue weighted by Gasteiger charge is 2.17. The van der Waals surface area contributed by atoms with Crippen LogP contribution in [0.15, 0.2) is 18.2 Å². The molecule has 1 aromatic rings. The van der Waals surface area contributed by atoms with E-state index in [1.165, 1.54) is 0 Å². The number of para-hydroxylation sites is 1. The molecule has 1 atom stereocenters. The number of carbonyl (C=O) groups is 1. The molecule has 2 N–H and O–H groups in total. The number of aliphatic hydroxyl groups excluding tert-OH is 1. The Morgan fingerprint density at radius 1 is 1.67 bits per heavy atom. The van der Waals surface area contributed by atoms with Gasteiger partial charge in [0.25, 0.3) is 5.91 Å². The van der Waals surface area contributed by atoms with Gasteiger partial charge in [-0.2, -0.15) is 0 Å². The number of terminal acetylenes is 1. The summed E-state index contributed by atoms with van der Waals surface area (Å²) in [5.41, 5.74) is 0.527. The molecule has 0 saturated heterocycles. The van der Waals surface area contributed by atoms with Gasteiger partial charge >= 0.3 is 0 Å². The molecule has 0 spiro atoms. The van der Waals surface area contributed by atoms with Gasteiger partial charge in [-0.1, -0.05) is 29.7 Å². The van der Waals surface area contributed by atoms with Crippen LogP contribution >= 0.6 is 11.6 Å². The van der Waals surface area contributed by atoms with Gasteiger partial charge in [0, 0.05) is 5.56 Å². The van der Waals surface area contributed by atoms with Crippen molar-refractivity contribution in [2.75, 3.05) is 6.54 Å². The SMILES string of the molecule is C#CCNC(=O)C(C)Oc1c(Cl)cccc1CO. The number of amides is 1. The molecular weight excluding hydrogens is 254 g/mol. The first kappa shape index (κ1) is 14.4. The zero-order chi connectivity index (χ0) is 13.5. The van der Waals surface area contributed by atoms with E-state index in [4.69, 9.17) is 22.8 Å². The van der Waals surface area contributed by atoms with Crippen LogP contribution in [0.4, 0.5) is 0 Å². The Kier molecular flexibility index (Phi) is 5.50. The van der Waals surface area contributed by atoms with Crippen LogP contribution in [0.1, 0.15) is 12.5 Å². The number of hydrogen-bond acceptors (Lipinski definition) is 3. The fraction of sp³-hybridized carbons (Fsp3) is 0.308. The van der Waals surface area contributed by atoms with Gasteiger partial charge in [0.1, 0.15) is 5.75 Å². The Balaban J connectivity index is 2.78. The van der Waals surface area contributed by atoms with Crippen molar-refractivity contribution in [2.45, 2.75) is 19.6 Å². The molecule has 0 heterocycles. The lowest BCUT2D eigenvalue weighted by molar-refractivity contribution is -0.127. The van der Waals surface area contributed by atoms with E-state index < -0.39 is 6.10 Å². The van der Waals surface area contributed by atoms with Crippen molar-refractivity contribution >= 4 is 17.5 Å². The molecule has 0 aliphatic heterocycles. The predicted molar refractivity (Wildman–Crippen MR) is 69.3 cm³/mol. The van der Waals surface area contributed by atoms with E-state index in [0.717, 1.165) is 0 Å². The smallest absolute Gasteiger partial charge is 0.261 e. The van der Waals surface area contributed by atoms with Gasteiger partial charge in [0.2, 0.25) is 0 Å². The van der Waals surface area contributed by atoms with Crippen LogP contribution in [-0.4, -0.2) is 23.7 Å². The van der Waals surface area contributed by atoms with E-state index in [1.807, 2.05) is 0 Å². The highest BCUT2D eigenvalue weighted by Crippen LogP contribution is 2.29. The van der Waals surface area contributed by atoms with E-state index in [-0.39, 0.29) is 19.1 Å². The summed E-state index contributed by atoms with van der Waals surface area (Å²) in [5.74, 6) is 2.27. The molecule has 0 bridgehead atoms. The fourth-order valence-electron chi connectivity index (χ4n) is 1.32. The second-order valence-corrected chi connectivity index (χ2v) is 3.98. The number of nitrogens with one attached hydrogen (secondary N) is 1. The van der Waals surface area contributed by atoms with Gasteiger partial charge in [0.05, 0.1) is 18.2 Å². The van der Waals surface area contributed by atoms with Crippen molar-refractivity contribution in [3.05, 3.63) is 28.8 Å². The second kappa shape index (κ2) is 6.90. The monoisotopic (exact) mass is 267 g/mol. The van der Waals surface area contributed by atoms with Crippen LogP contribution in [0.2, 0.25) is 5.02 Å². The molecule has 5 heteroatoms. The Bertz CT molecular complexity index is 468. The maximum atomic E-state index is 11.6. The number of benzene rings is 1. The van der Waals surface area contributed by atoms with Crippen LogP contribution in [0, 0.1) is 12.3 Å². The molecule has 1 amide bonds. The van der Waals surface area contributed by atoms with Gasteiger partial charge in [-0.3, -0.25) is 4.79 Å². The minimum absolute atomic E-state index is 0.141. The first-order valence-electron chi connectivity index (χ1n) is 5.36. The summed E-state index contributed by atoms with van der Waals surface area (Å²) in [6.07, 6.45) is 4.29. The lowest BCUT2D eigenvalue weighted by atomic mass is 10.2. The van der Waals surface area contributed by atoms with Crippen molar-refractivity contribution < 1.29 is 14.6 Å². The molecule has 1 rings (SSSR count). The fourth-order valence-corrected chi connectivity index (χ4v) is 1.56. The minimum Gasteiger partial charge on any atom is -0.479 e. The lowest BCUT2D eigenvalue weighted by Crippen LogP contribution is -2.36. The van der Waals surface area contributed by atoms with Gasteiger partial charge in [0.15, 0.2) is 6.10 Å². The summed E-state index contributed by atoms with van der Waals surface area (Å²) >= 11 is 5.96. The minimum atomic E-state index is -0.747. The van der Waals surface area contributed by atoms with Crippen molar-refractivity contribution in [2.24, 2.45) is 0 Å². The van der Waals surface area contributed by atoms with Gasteiger partial charge in [-0.25, -0.2) is 0 Å². The molecule has 1 unspecified atom stereocenters. The standard InChI is InChI=1S/C13H14ClNO3/c1-3-7-15-13(17)9(2)18-12-10(8-16)5-4-6-11(12)14/h1,4-6,9,16H,7-8H2,2H3,(H,15,17). The zero-order valence-electron chi connectivity index (χ0n) is 9.94. The van der Waals surface area contributed by atoms with E-state index in [0.29, 0.717) is 16.3 Å². The van der Waals surface area contributed by atoms with Crippen molar-refractivity contribution in [3.8, 4) is 18.1 Å². The molecule has 0 saturated carbocycles. The molecular formula is C13H14ClNO3. The van der Waals surface area contributed by atoms with Gasteiger partial charge in [-0.05, 0) is 13.0 Å². The van der Waals surface area contributed by atoms with Crippen LogP contribution in [0.5, 0.6) is 5.75 Å². The maximum Gasteiger partial charge on any atom is 0.261 e. The summed E-state index contributed by atoms with van der Waals surface area (Å²) < 4.78 is 5.45. The van der Waals surface area contributed by atoms with E-state index in [1.54, 1.807) is 25.1 Å². The number of hydrogen-bond donors (Lipinski definition) is 2. The van der Waals surface area contributed by atoms with E-state index >= 15 is 0 Å². The molecule has 0 fully saturated rings. The molecule has 1 aromatic carbocycles. The van der Waals surface area contributed by atoms with Crippen LogP contribution in [-0.2, 0) is 11.4 Å². The highest BCUT2D eigenvalue weighted by atomic mass is 35.5. The van der Waals surface area contributed by atoms with E-state index in [9.17, 15) is 9.90 Å². The molecule has 0 aliphatic carbocycles. The Morgan fingerprint density at radius 3 is 3.00 bits per heavy atom. The average molecular weight is 268 g/mol. The van der Waals surface area contributed by atoms with Crippen LogP contribution < -0.4 is 10.1 Å². The Morgan fingerprint density at radius 2 is 2.39 bits per heavy atom. The topological polar surface area (TPSA) is 58.6 Å². The first-order valence-corrected chi connectivity index (χ1v) is 5.74. The number of halogens is 1. The van der Waals surface area contributed by atoms with Crippen molar-refractivity contribution in [1.29, 1.82) is 0 Å². The molecule has 96 valence electrons. The third kappa shape index (κ3) is 3.66. The molecule has 0 aliphatic rings. The van der Waals surface area contributed by atoms with Crippen LogP contribution in [0.3, 0.4) is 0 Å². The molecule has 18 heavy (non-hydrogen) atoms. The lowest BCUT2D eigenvalue weighted by Gasteiger charge is -2.17. The number of carbonyl (C=O) groups excluding carboxylic acids is 1. The average Bonchev–Trinajstić information content (AvgIpc) is 2.38. The normalized spacial score (nSPS) is 11.4. The van der Waals surface area contributed by atoms with Crippen LogP contribution in [0.25, 0.3) is 0 Å². The second-order valence-electron chi connectivity index (χ2n) is 3.57. The summed E-state index contributed by atoms with van der Waals surface area (Å²) in [4.78, 5) is 11.6. The molecule has 0 radical (unpaired) electrons. The first-order chi connectivity index (χ1) is 8.60. The Hall–Kier alpha value is -1.70. The third-order valence-corrected chi connectivity index (χ3v) is 2.55. The maximum absolute atomic E-state index is 11.6. The van der Waals surface area contributed by atoms with Gasteiger partial charge in [-0.15, -0.1) is 6.42 Å². The van der Waals surface area contributed by atoms with Crippen molar-refractivity contribution in [1.82, 2.24) is 5.32 Å².